The number of esters is 1. The third-order valence-corrected chi connectivity index (χ3v) is 5.59. The van der Waals surface area contributed by atoms with E-state index >= 15 is 0 Å². The minimum absolute atomic E-state index is 0.0335. The summed E-state index contributed by atoms with van der Waals surface area (Å²) >= 11 is 0. The maximum atomic E-state index is 12.7. The van der Waals surface area contributed by atoms with Crippen LogP contribution in [0.5, 0.6) is 0 Å². The van der Waals surface area contributed by atoms with Crippen LogP contribution in [0, 0.1) is 17.2 Å². The zero-order chi connectivity index (χ0) is 24.1. The van der Waals surface area contributed by atoms with E-state index in [-0.39, 0.29) is 18.4 Å². The van der Waals surface area contributed by atoms with Gasteiger partial charge in [-0.25, -0.2) is 4.79 Å². The molecule has 0 aliphatic rings. The van der Waals surface area contributed by atoms with E-state index in [4.69, 9.17) is 4.74 Å². The fourth-order valence-corrected chi connectivity index (χ4v) is 3.88. The van der Waals surface area contributed by atoms with Gasteiger partial charge in [0.25, 0.3) is 0 Å². The molecular formula is C27H29N3O3. The van der Waals surface area contributed by atoms with Gasteiger partial charge in [-0.15, -0.1) is 0 Å². The van der Waals surface area contributed by atoms with Crippen molar-refractivity contribution in [1.29, 1.82) is 5.26 Å². The van der Waals surface area contributed by atoms with Crippen LogP contribution in [-0.4, -0.2) is 23.1 Å². The van der Waals surface area contributed by atoms with Crippen LogP contribution in [-0.2, 0) is 23.0 Å². The molecule has 33 heavy (non-hydrogen) atoms. The number of amides is 1. The summed E-state index contributed by atoms with van der Waals surface area (Å²) in [5.74, 6) is -0.576. The topological polar surface area (TPSA) is 84.1 Å². The Kier molecular flexibility index (Phi) is 7.34. The first-order valence-electron chi connectivity index (χ1n) is 11.1. The molecule has 1 aromatic heterocycles. The number of nitrogens with zero attached hydrogens (tertiary/aromatic N) is 2. The van der Waals surface area contributed by atoms with E-state index in [1.54, 1.807) is 18.5 Å². The average Bonchev–Trinajstić information content (AvgIpc) is 3.10. The van der Waals surface area contributed by atoms with Crippen LogP contribution in [0.2, 0.25) is 0 Å². The highest BCUT2D eigenvalue weighted by Gasteiger charge is 2.26. The summed E-state index contributed by atoms with van der Waals surface area (Å²) in [6, 6.07) is 17.7. The molecule has 0 fully saturated rings. The zero-order valence-corrected chi connectivity index (χ0v) is 19.7. The van der Waals surface area contributed by atoms with Crippen molar-refractivity contribution in [3.8, 4) is 28.3 Å². The maximum Gasteiger partial charge on any atom is 0.355 e. The summed E-state index contributed by atoms with van der Waals surface area (Å²) in [6.07, 6.45) is 0.624. The standard InChI is InChI=1S/C27H29N3O3/c1-6-23-22(16-28)24(25(30(23)5)27(32)33-7-2)19-13-11-18(12-14-19)20-9-8-10-21(15-20)29-26(31)17(3)4/h8-15,17H,6-7H2,1-5H3,(H,29,31). The third kappa shape index (κ3) is 4.83. The van der Waals surface area contributed by atoms with Crippen molar-refractivity contribution in [2.24, 2.45) is 13.0 Å². The molecule has 1 N–H and O–H groups in total. The van der Waals surface area contributed by atoms with Crippen molar-refractivity contribution in [1.82, 2.24) is 4.57 Å². The molecule has 3 aromatic rings. The number of anilines is 1. The molecule has 0 saturated carbocycles. The van der Waals surface area contributed by atoms with Gasteiger partial charge in [-0.05, 0) is 42.2 Å². The van der Waals surface area contributed by atoms with Gasteiger partial charge >= 0.3 is 5.97 Å². The number of hydrogen-bond acceptors (Lipinski definition) is 4. The normalized spacial score (nSPS) is 10.7. The van der Waals surface area contributed by atoms with Gasteiger partial charge in [0.1, 0.15) is 11.8 Å². The molecule has 0 aliphatic heterocycles. The zero-order valence-electron chi connectivity index (χ0n) is 19.7. The summed E-state index contributed by atoms with van der Waals surface area (Å²) in [5, 5.41) is 12.8. The van der Waals surface area contributed by atoms with Crippen molar-refractivity contribution < 1.29 is 14.3 Å². The van der Waals surface area contributed by atoms with Gasteiger partial charge in [0.05, 0.1) is 12.2 Å². The lowest BCUT2D eigenvalue weighted by Crippen LogP contribution is -2.17. The summed E-state index contributed by atoms with van der Waals surface area (Å²) in [7, 11) is 1.79. The molecule has 1 amide bonds. The first-order chi connectivity index (χ1) is 15.8. The van der Waals surface area contributed by atoms with Crippen LogP contribution in [0.25, 0.3) is 22.3 Å². The van der Waals surface area contributed by atoms with Gasteiger partial charge in [0.2, 0.25) is 5.91 Å². The first-order valence-corrected chi connectivity index (χ1v) is 11.1. The molecule has 1 heterocycles. The van der Waals surface area contributed by atoms with Gasteiger partial charge in [-0.3, -0.25) is 4.79 Å². The number of hydrogen-bond donors (Lipinski definition) is 1. The molecule has 0 bridgehead atoms. The van der Waals surface area contributed by atoms with Crippen molar-refractivity contribution in [2.45, 2.75) is 34.1 Å². The Morgan fingerprint density at radius 2 is 1.73 bits per heavy atom. The highest BCUT2D eigenvalue weighted by molar-refractivity contribution is 5.99. The van der Waals surface area contributed by atoms with Gasteiger partial charge < -0.3 is 14.6 Å². The number of rotatable bonds is 7. The van der Waals surface area contributed by atoms with Crippen LogP contribution < -0.4 is 5.32 Å². The monoisotopic (exact) mass is 443 g/mol. The quantitative estimate of drug-likeness (QED) is 0.484. The van der Waals surface area contributed by atoms with E-state index in [9.17, 15) is 14.9 Å². The molecule has 3 rings (SSSR count). The van der Waals surface area contributed by atoms with Crippen LogP contribution in [0.4, 0.5) is 5.69 Å². The largest absolute Gasteiger partial charge is 0.461 e. The number of aromatic nitrogens is 1. The fourth-order valence-electron chi connectivity index (χ4n) is 3.88. The van der Waals surface area contributed by atoms with Crippen LogP contribution >= 0.6 is 0 Å². The average molecular weight is 444 g/mol. The lowest BCUT2D eigenvalue weighted by Gasteiger charge is -2.11. The maximum absolute atomic E-state index is 12.7. The predicted octanol–water partition coefficient (Wildman–Crippen LogP) is 5.56. The van der Waals surface area contributed by atoms with Gasteiger partial charge in [0, 0.05) is 29.9 Å². The Morgan fingerprint density at radius 3 is 2.30 bits per heavy atom. The molecular weight excluding hydrogens is 414 g/mol. The summed E-state index contributed by atoms with van der Waals surface area (Å²) in [4.78, 5) is 24.8. The van der Waals surface area contributed by atoms with Gasteiger partial charge in [0.15, 0.2) is 0 Å². The summed E-state index contributed by atoms with van der Waals surface area (Å²) in [5.41, 5.74) is 5.71. The number of benzene rings is 2. The van der Waals surface area contributed by atoms with E-state index < -0.39 is 5.97 Å². The number of carbonyl (C=O) groups excluding carboxylic acids is 2. The second-order valence-electron chi connectivity index (χ2n) is 8.09. The molecule has 170 valence electrons. The Bertz CT molecular complexity index is 1210. The Hall–Kier alpha value is -3.85. The molecule has 0 radical (unpaired) electrons. The van der Waals surface area contributed by atoms with Gasteiger partial charge in [-0.1, -0.05) is 57.2 Å². The van der Waals surface area contributed by atoms with Crippen LogP contribution in [0.15, 0.2) is 48.5 Å². The van der Waals surface area contributed by atoms with Gasteiger partial charge in [-0.2, -0.15) is 5.26 Å². The van der Waals surface area contributed by atoms with Crippen molar-refractivity contribution in [3.05, 3.63) is 65.5 Å². The third-order valence-electron chi connectivity index (χ3n) is 5.59. The summed E-state index contributed by atoms with van der Waals surface area (Å²) in [6.45, 7) is 7.69. The van der Waals surface area contributed by atoms with Crippen molar-refractivity contribution >= 4 is 17.6 Å². The molecule has 6 nitrogen and oxygen atoms in total. The van der Waals surface area contributed by atoms with E-state index in [0.29, 0.717) is 23.2 Å². The molecule has 0 spiro atoms. The molecule has 0 aliphatic carbocycles. The SMILES string of the molecule is CCOC(=O)c1c(-c2ccc(-c3cccc(NC(=O)C(C)C)c3)cc2)c(C#N)c(CC)n1C. The number of carbonyl (C=O) groups is 2. The van der Waals surface area contributed by atoms with Crippen molar-refractivity contribution in [2.75, 3.05) is 11.9 Å². The van der Waals surface area contributed by atoms with E-state index in [1.165, 1.54) is 0 Å². The fraction of sp³-hybridized carbons (Fsp3) is 0.296. The minimum atomic E-state index is -0.441. The molecule has 0 unspecified atom stereocenters. The Labute approximate surface area is 194 Å². The second-order valence-corrected chi connectivity index (χ2v) is 8.09. The summed E-state index contributed by atoms with van der Waals surface area (Å²) < 4.78 is 7.04. The van der Waals surface area contributed by atoms with E-state index in [0.717, 1.165) is 28.1 Å². The first kappa shape index (κ1) is 23.8. The Balaban J connectivity index is 2.03. The van der Waals surface area contributed by atoms with Crippen molar-refractivity contribution in [3.63, 3.8) is 0 Å². The second kappa shape index (κ2) is 10.2. The Morgan fingerprint density at radius 1 is 1.06 bits per heavy atom. The van der Waals surface area contributed by atoms with E-state index in [1.807, 2.05) is 69.3 Å². The lowest BCUT2D eigenvalue weighted by atomic mass is 9.97. The number of nitrogens with one attached hydrogen (secondary N) is 1. The smallest absolute Gasteiger partial charge is 0.355 e. The molecule has 0 atom stereocenters. The highest BCUT2D eigenvalue weighted by atomic mass is 16.5. The predicted molar refractivity (Wildman–Crippen MR) is 130 cm³/mol. The van der Waals surface area contributed by atoms with E-state index in [2.05, 4.69) is 11.4 Å². The minimum Gasteiger partial charge on any atom is -0.461 e. The van der Waals surface area contributed by atoms with Crippen LogP contribution in [0.3, 0.4) is 0 Å². The number of ether oxygens (including phenoxy) is 1. The molecule has 6 heteroatoms. The van der Waals surface area contributed by atoms with Crippen LogP contribution in [0.1, 0.15) is 49.4 Å². The molecule has 0 saturated heterocycles. The lowest BCUT2D eigenvalue weighted by molar-refractivity contribution is -0.118. The number of nitriles is 1. The molecule has 2 aromatic carbocycles. The highest BCUT2D eigenvalue weighted by Crippen LogP contribution is 2.34.